The Morgan fingerprint density at radius 2 is 1.79 bits per heavy atom. The molecule has 4 aromatic rings. The molecule has 196 valence electrons. The zero-order valence-corrected chi connectivity index (χ0v) is 21.9. The van der Waals surface area contributed by atoms with Gasteiger partial charge in [0, 0.05) is 68.3 Å². The van der Waals surface area contributed by atoms with Crippen molar-refractivity contribution in [2.45, 2.75) is 26.4 Å². The fourth-order valence-corrected chi connectivity index (χ4v) is 4.26. The maximum atomic E-state index is 13.1. The Bertz CT molecular complexity index is 1540. The summed E-state index contributed by atoms with van der Waals surface area (Å²) in [7, 11) is 1.86. The Hall–Kier alpha value is -4.47. The van der Waals surface area contributed by atoms with Crippen LogP contribution in [0.5, 0.6) is 0 Å². The van der Waals surface area contributed by atoms with Gasteiger partial charge in [-0.15, -0.1) is 0 Å². The second-order valence-corrected chi connectivity index (χ2v) is 10.3. The third-order valence-electron chi connectivity index (χ3n) is 6.18. The summed E-state index contributed by atoms with van der Waals surface area (Å²) in [5, 5.41) is 8.54. The Labute approximate surface area is 222 Å². The van der Waals surface area contributed by atoms with Gasteiger partial charge in [-0.1, -0.05) is 12.1 Å². The molecule has 1 N–H and O–H groups in total. The topological polar surface area (TPSA) is 105 Å². The van der Waals surface area contributed by atoms with Crippen molar-refractivity contribution >= 4 is 34.4 Å². The van der Waals surface area contributed by atoms with Gasteiger partial charge in [0.1, 0.15) is 17.2 Å². The minimum absolute atomic E-state index is 0.0822. The molecule has 2 amide bonds. The lowest BCUT2D eigenvalue weighted by molar-refractivity contribution is 0.0240. The highest BCUT2D eigenvalue weighted by molar-refractivity contribution is 6.05. The average Bonchev–Trinajstić information content (AvgIpc) is 3.34. The Morgan fingerprint density at radius 1 is 1.00 bits per heavy atom. The number of piperazine rings is 1. The summed E-state index contributed by atoms with van der Waals surface area (Å²) in [5.74, 6) is 0.603. The van der Waals surface area contributed by atoms with E-state index < -0.39 is 5.60 Å². The van der Waals surface area contributed by atoms with Crippen LogP contribution < -0.4 is 10.2 Å². The van der Waals surface area contributed by atoms with Crippen LogP contribution in [0.3, 0.4) is 0 Å². The minimum atomic E-state index is -0.542. The number of pyridine rings is 2. The number of nitrogens with one attached hydrogen (secondary N) is 1. The molecule has 1 aliphatic rings. The van der Waals surface area contributed by atoms with Crippen LogP contribution in [0, 0.1) is 0 Å². The summed E-state index contributed by atoms with van der Waals surface area (Å²) in [5.41, 5.74) is 1.81. The number of carbonyl (C=O) groups is 2. The summed E-state index contributed by atoms with van der Waals surface area (Å²) in [4.78, 5) is 37.9. The smallest absolute Gasteiger partial charge is 0.410 e. The first-order valence-electron chi connectivity index (χ1n) is 13.0. The van der Waals surface area contributed by atoms with E-state index in [4.69, 9.17) is 6.11 Å². The molecule has 4 heterocycles. The molecular weight excluding hydrogens is 482 g/mol. The third kappa shape index (κ3) is 5.74. The fourth-order valence-electron chi connectivity index (χ4n) is 4.26. The molecule has 10 heteroatoms. The van der Waals surface area contributed by atoms with Gasteiger partial charge in [0.15, 0.2) is 0 Å². The number of aromatic nitrogens is 4. The summed E-state index contributed by atoms with van der Waals surface area (Å²) in [6.07, 6.45) is 5.05. The number of benzene rings is 1. The second-order valence-electron chi connectivity index (χ2n) is 10.3. The van der Waals surface area contributed by atoms with E-state index >= 15 is 0 Å². The van der Waals surface area contributed by atoms with Gasteiger partial charge in [-0.3, -0.25) is 9.48 Å². The molecule has 0 radical (unpaired) electrons. The molecule has 1 saturated heterocycles. The van der Waals surface area contributed by atoms with E-state index in [1.165, 1.54) is 0 Å². The van der Waals surface area contributed by atoms with Crippen molar-refractivity contribution < 1.29 is 15.7 Å². The van der Waals surface area contributed by atoms with Crippen LogP contribution in [-0.2, 0) is 11.8 Å². The predicted octanol–water partition coefficient (Wildman–Crippen LogP) is 4.34. The van der Waals surface area contributed by atoms with E-state index in [2.05, 4.69) is 20.4 Å². The van der Waals surface area contributed by atoms with Gasteiger partial charge in [0.25, 0.3) is 5.91 Å². The van der Waals surface area contributed by atoms with Gasteiger partial charge in [0.2, 0.25) is 0 Å². The van der Waals surface area contributed by atoms with E-state index in [0.29, 0.717) is 48.8 Å². The zero-order chi connectivity index (χ0) is 27.7. The van der Waals surface area contributed by atoms with Crippen molar-refractivity contribution in [1.82, 2.24) is 24.6 Å². The number of rotatable bonds is 4. The summed E-state index contributed by atoms with van der Waals surface area (Å²) in [6.45, 7) is 7.69. The fraction of sp³-hybridized carbons (Fsp3) is 0.321. The Morgan fingerprint density at radius 3 is 2.50 bits per heavy atom. The van der Waals surface area contributed by atoms with Crippen LogP contribution in [-0.4, -0.2) is 68.4 Å². The molecule has 0 bridgehead atoms. The third-order valence-corrected chi connectivity index (χ3v) is 6.18. The lowest BCUT2D eigenvalue weighted by atomic mass is 10.1. The number of ether oxygens (including phenoxy) is 1. The van der Waals surface area contributed by atoms with Crippen molar-refractivity contribution in [1.29, 1.82) is 0 Å². The molecule has 1 fully saturated rings. The van der Waals surface area contributed by atoms with Crippen LogP contribution in [0.4, 0.5) is 16.4 Å². The lowest BCUT2D eigenvalue weighted by Gasteiger charge is -2.36. The average molecular weight is 515 g/mol. The molecule has 0 aliphatic carbocycles. The van der Waals surface area contributed by atoms with Crippen molar-refractivity contribution in [2.24, 2.45) is 7.05 Å². The number of carbonyl (C=O) groups excluding carboxylic acids is 2. The van der Waals surface area contributed by atoms with Gasteiger partial charge in [-0.25, -0.2) is 14.8 Å². The molecule has 38 heavy (non-hydrogen) atoms. The largest absolute Gasteiger partial charge is 0.444 e. The van der Waals surface area contributed by atoms with Crippen molar-refractivity contribution in [2.75, 3.05) is 36.4 Å². The maximum Gasteiger partial charge on any atom is 0.410 e. The molecule has 5 rings (SSSR count). The van der Waals surface area contributed by atoms with Gasteiger partial charge >= 0.3 is 6.09 Å². The quantitative estimate of drug-likeness (QED) is 0.432. The van der Waals surface area contributed by atoms with Crippen LogP contribution >= 0.6 is 0 Å². The number of nitrogens with zero attached hydrogens (tertiary/aromatic N) is 6. The normalized spacial score (nSPS) is 14.4. The molecule has 0 atom stereocenters. The standard InChI is InChI=1S/C28H31N7O3/c1-28(2,3)38-27(37)35-11-9-34(10-12-35)25-15-20(7-8-29-25)26(36)32-24-14-22-13-19(5-6-21(22)16-30-24)23-17-31-33(4)18-23/h5-8,13-18H,9-12H2,1-4H3,(H,30,32,36)/i16D. The molecule has 0 unspecified atom stereocenters. The van der Waals surface area contributed by atoms with Crippen molar-refractivity contribution in [3.63, 3.8) is 0 Å². The zero-order valence-electron chi connectivity index (χ0n) is 22.9. The summed E-state index contributed by atoms with van der Waals surface area (Å²) >= 11 is 0. The van der Waals surface area contributed by atoms with Gasteiger partial charge in [-0.2, -0.15) is 5.10 Å². The number of amides is 2. The highest BCUT2D eigenvalue weighted by Crippen LogP contribution is 2.25. The maximum absolute atomic E-state index is 13.1. The summed E-state index contributed by atoms with van der Waals surface area (Å²) in [6, 6.07) is 10.9. The van der Waals surface area contributed by atoms with E-state index in [1.807, 2.05) is 57.1 Å². The first-order chi connectivity index (χ1) is 18.6. The van der Waals surface area contributed by atoms with Gasteiger partial charge in [0.05, 0.1) is 7.57 Å². The van der Waals surface area contributed by atoms with E-state index in [9.17, 15) is 9.59 Å². The number of aryl methyl sites for hydroxylation is 1. The highest BCUT2D eigenvalue weighted by Gasteiger charge is 2.26. The molecule has 1 aliphatic heterocycles. The highest BCUT2D eigenvalue weighted by atomic mass is 16.6. The van der Waals surface area contributed by atoms with Gasteiger partial charge in [-0.05, 0) is 56.0 Å². The van der Waals surface area contributed by atoms with Crippen LogP contribution in [0.2, 0.25) is 0 Å². The van der Waals surface area contributed by atoms with Crippen LogP contribution in [0.1, 0.15) is 32.5 Å². The van der Waals surface area contributed by atoms with Crippen molar-refractivity contribution in [3.8, 4) is 11.1 Å². The number of hydrogen-bond acceptors (Lipinski definition) is 7. The number of fused-ring (bicyclic) bond motifs is 1. The molecular formula is C28H31N7O3. The molecule has 3 aromatic heterocycles. The first-order valence-corrected chi connectivity index (χ1v) is 12.5. The second kappa shape index (κ2) is 10.1. The van der Waals surface area contributed by atoms with E-state index in [-0.39, 0.29) is 18.2 Å². The van der Waals surface area contributed by atoms with Crippen LogP contribution in [0.25, 0.3) is 21.9 Å². The molecule has 1 aromatic carbocycles. The van der Waals surface area contributed by atoms with E-state index in [0.717, 1.165) is 16.5 Å². The summed E-state index contributed by atoms with van der Waals surface area (Å²) < 4.78 is 15.6. The Balaban J connectivity index is 1.28. The van der Waals surface area contributed by atoms with Gasteiger partial charge < -0.3 is 19.9 Å². The van der Waals surface area contributed by atoms with Crippen LogP contribution in [0.15, 0.2) is 61.2 Å². The first kappa shape index (κ1) is 23.9. The number of hydrogen-bond donors (Lipinski definition) is 1. The Kier molecular flexibility index (Phi) is 6.36. The minimum Gasteiger partial charge on any atom is -0.444 e. The predicted molar refractivity (Wildman–Crippen MR) is 146 cm³/mol. The SMILES string of the molecule is [2H]c1nc(NC(=O)c2ccnc(N3CCN(C(=O)OC(C)(C)C)CC3)c2)cc2cc(-c3cnn(C)c3)ccc12. The van der Waals surface area contributed by atoms with Crippen molar-refractivity contribution in [3.05, 3.63) is 66.7 Å². The number of anilines is 2. The molecule has 0 spiro atoms. The molecule has 0 saturated carbocycles. The van der Waals surface area contributed by atoms with E-state index in [1.54, 1.807) is 40.2 Å². The monoisotopic (exact) mass is 514 g/mol. The molecule has 10 nitrogen and oxygen atoms in total. The lowest BCUT2D eigenvalue weighted by Crippen LogP contribution is -2.50.